The standard InChI is InChI=1S/C24H26ClN5O3S/c1-14(17-6-4-15(13-31)8-18(17)25)33-23-20(9-21(26)32)34-24(28-23)19-10-27-22-7-5-16(11-29(2)3)12-30(19)22/h4-8,10,12,14,31H,9,11,13H2,1-3H3,(H2,26,32)/t14-/m1/s1. The predicted molar refractivity (Wildman–Crippen MR) is 133 cm³/mol. The highest BCUT2D eigenvalue weighted by Gasteiger charge is 2.21. The lowest BCUT2D eigenvalue weighted by molar-refractivity contribution is -0.117. The van der Waals surface area contributed by atoms with Crippen LogP contribution in [0.5, 0.6) is 5.88 Å². The van der Waals surface area contributed by atoms with E-state index in [0.29, 0.717) is 26.4 Å². The van der Waals surface area contributed by atoms with Crippen LogP contribution in [0.4, 0.5) is 0 Å². The van der Waals surface area contributed by atoms with Crippen molar-refractivity contribution >= 4 is 34.5 Å². The van der Waals surface area contributed by atoms with Crippen LogP contribution in [-0.4, -0.2) is 44.4 Å². The molecule has 0 saturated carbocycles. The number of carbonyl (C=O) groups excluding carboxylic acids is 1. The number of primary amides is 1. The van der Waals surface area contributed by atoms with E-state index in [4.69, 9.17) is 27.1 Å². The van der Waals surface area contributed by atoms with Gasteiger partial charge in [-0.25, -0.2) is 4.98 Å². The van der Waals surface area contributed by atoms with Crippen molar-refractivity contribution in [1.82, 2.24) is 19.3 Å². The number of benzene rings is 1. The number of ether oxygens (including phenoxy) is 1. The molecular weight excluding hydrogens is 474 g/mol. The van der Waals surface area contributed by atoms with Gasteiger partial charge in [-0.15, -0.1) is 11.3 Å². The number of pyridine rings is 1. The second-order valence-electron chi connectivity index (χ2n) is 8.31. The summed E-state index contributed by atoms with van der Waals surface area (Å²) in [6, 6.07) is 9.33. The number of aromatic nitrogens is 3. The molecule has 178 valence electrons. The molecule has 1 amide bonds. The zero-order valence-electron chi connectivity index (χ0n) is 19.2. The summed E-state index contributed by atoms with van der Waals surface area (Å²) in [5.41, 5.74) is 9.70. The van der Waals surface area contributed by atoms with E-state index in [9.17, 15) is 9.90 Å². The molecule has 0 radical (unpaired) electrons. The van der Waals surface area contributed by atoms with Gasteiger partial charge in [-0.05, 0) is 44.3 Å². The van der Waals surface area contributed by atoms with Gasteiger partial charge in [0.25, 0.3) is 0 Å². The fraction of sp³-hybridized carbons (Fsp3) is 0.292. The molecule has 1 atom stereocenters. The van der Waals surface area contributed by atoms with Crippen LogP contribution in [0, 0.1) is 0 Å². The van der Waals surface area contributed by atoms with E-state index in [1.165, 1.54) is 11.3 Å². The lowest BCUT2D eigenvalue weighted by Gasteiger charge is -2.16. The molecule has 0 unspecified atom stereocenters. The molecule has 8 nitrogen and oxygen atoms in total. The summed E-state index contributed by atoms with van der Waals surface area (Å²) in [5.74, 6) is -0.127. The lowest BCUT2D eigenvalue weighted by Crippen LogP contribution is -2.14. The monoisotopic (exact) mass is 499 g/mol. The average Bonchev–Trinajstić information content (AvgIpc) is 3.36. The highest BCUT2D eigenvalue weighted by molar-refractivity contribution is 7.15. The van der Waals surface area contributed by atoms with Gasteiger partial charge < -0.3 is 20.5 Å². The maximum atomic E-state index is 11.7. The van der Waals surface area contributed by atoms with Crippen LogP contribution in [0.25, 0.3) is 16.3 Å². The zero-order valence-corrected chi connectivity index (χ0v) is 20.7. The van der Waals surface area contributed by atoms with E-state index >= 15 is 0 Å². The molecule has 4 aromatic rings. The smallest absolute Gasteiger partial charge is 0.229 e. The number of nitrogens with two attached hydrogens (primary N) is 1. The third-order valence-electron chi connectivity index (χ3n) is 5.25. The van der Waals surface area contributed by atoms with Gasteiger partial charge in [-0.1, -0.05) is 29.8 Å². The molecule has 0 saturated heterocycles. The van der Waals surface area contributed by atoms with Crippen molar-refractivity contribution in [3.05, 3.63) is 69.3 Å². The summed E-state index contributed by atoms with van der Waals surface area (Å²) in [4.78, 5) is 23.7. The molecule has 3 aromatic heterocycles. The minimum absolute atomic E-state index is 0.0134. The lowest BCUT2D eigenvalue weighted by atomic mass is 10.1. The Bertz CT molecular complexity index is 1330. The Morgan fingerprint density at radius 1 is 1.29 bits per heavy atom. The van der Waals surface area contributed by atoms with Crippen LogP contribution in [0.15, 0.2) is 42.7 Å². The van der Waals surface area contributed by atoms with Crippen molar-refractivity contribution in [2.24, 2.45) is 5.73 Å². The molecular formula is C24H26ClN5O3S. The molecule has 10 heteroatoms. The highest BCUT2D eigenvalue weighted by atomic mass is 35.5. The molecule has 1 aromatic carbocycles. The molecule has 0 fully saturated rings. The van der Waals surface area contributed by atoms with Crippen molar-refractivity contribution in [2.45, 2.75) is 32.6 Å². The average molecular weight is 500 g/mol. The highest BCUT2D eigenvalue weighted by Crippen LogP contribution is 2.36. The van der Waals surface area contributed by atoms with Crippen molar-refractivity contribution in [1.29, 1.82) is 0 Å². The van der Waals surface area contributed by atoms with Crippen LogP contribution < -0.4 is 10.5 Å². The number of fused-ring (bicyclic) bond motifs is 1. The molecule has 3 N–H and O–H groups in total. The normalized spacial score (nSPS) is 12.4. The first-order valence-electron chi connectivity index (χ1n) is 10.7. The van der Waals surface area contributed by atoms with Crippen LogP contribution in [0.1, 0.15) is 34.6 Å². The number of aliphatic hydroxyl groups is 1. The van der Waals surface area contributed by atoms with E-state index in [2.05, 4.69) is 16.0 Å². The van der Waals surface area contributed by atoms with Gasteiger partial charge in [-0.3, -0.25) is 9.20 Å². The Labute approximate surface area is 206 Å². The number of aliphatic hydroxyl groups excluding tert-OH is 1. The minimum atomic E-state index is -0.468. The second-order valence-corrected chi connectivity index (χ2v) is 9.80. The van der Waals surface area contributed by atoms with E-state index in [1.54, 1.807) is 18.3 Å². The number of amides is 1. The number of halogens is 1. The number of rotatable bonds is 9. The first kappa shape index (κ1) is 24.2. The number of carbonyl (C=O) groups is 1. The van der Waals surface area contributed by atoms with E-state index in [0.717, 1.165) is 29.0 Å². The topological polar surface area (TPSA) is 106 Å². The summed E-state index contributed by atoms with van der Waals surface area (Å²) >= 11 is 7.75. The largest absolute Gasteiger partial charge is 0.469 e. The van der Waals surface area contributed by atoms with Crippen LogP contribution in [0.3, 0.4) is 0 Å². The van der Waals surface area contributed by atoms with E-state index < -0.39 is 12.0 Å². The molecule has 3 heterocycles. The molecule has 0 spiro atoms. The Hall–Kier alpha value is -2.98. The summed E-state index contributed by atoms with van der Waals surface area (Å²) in [7, 11) is 4.04. The number of hydrogen-bond donors (Lipinski definition) is 2. The summed E-state index contributed by atoms with van der Waals surface area (Å²) in [5, 5.41) is 10.5. The van der Waals surface area contributed by atoms with Gasteiger partial charge in [0.15, 0.2) is 0 Å². The van der Waals surface area contributed by atoms with Crippen LogP contribution in [-0.2, 0) is 24.4 Å². The van der Waals surface area contributed by atoms with E-state index in [1.807, 2.05) is 43.7 Å². The van der Waals surface area contributed by atoms with Gasteiger partial charge in [-0.2, -0.15) is 4.98 Å². The van der Waals surface area contributed by atoms with Crippen LogP contribution >= 0.6 is 22.9 Å². The summed E-state index contributed by atoms with van der Waals surface area (Å²) < 4.78 is 8.15. The number of imidazole rings is 1. The summed E-state index contributed by atoms with van der Waals surface area (Å²) in [6.45, 7) is 2.55. The third-order valence-corrected chi connectivity index (χ3v) is 6.64. The molecule has 0 aliphatic carbocycles. The van der Waals surface area contributed by atoms with Gasteiger partial charge in [0.1, 0.15) is 22.5 Å². The van der Waals surface area contributed by atoms with Gasteiger partial charge in [0.05, 0.1) is 24.1 Å². The van der Waals surface area contributed by atoms with Crippen molar-refractivity contribution in [3.8, 4) is 16.6 Å². The maximum Gasteiger partial charge on any atom is 0.229 e. The minimum Gasteiger partial charge on any atom is -0.469 e. The Morgan fingerprint density at radius 3 is 2.74 bits per heavy atom. The fourth-order valence-electron chi connectivity index (χ4n) is 3.68. The first-order chi connectivity index (χ1) is 16.2. The molecule has 34 heavy (non-hydrogen) atoms. The number of thiazole rings is 1. The maximum absolute atomic E-state index is 11.7. The predicted octanol–water partition coefficient (Wildman–Crippen LogP) is 3.83. The summed E-state index contributed by atoms with van der Waals surface area (Å²) in [6.07, 6.45) is 3.38. The third kappa shape index (κ3) is 5.23. The number of hydrogen-bond acceptors (Lipinski definition) is 7. The molecule has 0 aliphatic heterocycles. The second kappa shape index (κ2) is 10.1. The molecule has 0 bridgehead atoms. The SMILES string of the molecule is C[C@@H](Oc1nc(-c2cnc3ccc(CN(C)C)cn23)sc1CC(N)=O)c1ccc(CO)cc1Cl. The number of nitrogens with zero attached hydrogens (tertiary/aromatic N) is 4. The Morgan fingerprint density at radius 2 is 2.06 bits per heavy atom. The zero-order chi connectivity index (χ0) is 24.4. The molecule has 0 aliphatic rings. The van der Waals surface area contributed by atoms with Crippen molar-refractivity contribution in [3.63, 3.8) is 0 Å². The van der Waals surface area contributed by atoms with Crippen molar-refractivity contribution in [2.75, 3.05) is 14.1 Å². The van der Waals surface area contributed by atoms with Gasteiger partial charge in [0.2, 0.25) is 11.8 Å². The van der Waals surface area contributed by atoms with Gasteiger partial charge in [0, 0.05) is 23.3 Å². The fourth-order valence-corrected chi connectivity index (χ4v) is 5.05. The Balaban J connectivity index is 1.70. The Kier molecular flexibility index (Phi) is 7.18. The quantitative estimate of drug-likeness (QED) is 0.362. The first-order valence-corrected chi connectivity index (χ1v) is 11.9. The van der Waals surface area contributed by atoms with E-state index in [-0.39, 0.29) is 13.0 Å². The van der Waals surface area contributed by atoms with Crippen molar-refractivity contribution < 1.29 is 14.6 Å². The molecule has 4 rings (SSSR count). The van der Waals surface area contributed by atoms with Gasteiger partial charge >= 0.3 is 0 Å². The van der Waals surface area contributed by atoms with Crippen LogP contribution in [0.2, 0.25) is 5.02 Å².